The molecule has 1 N–H and O–H groups in total. The molecule has 5 nitrogen and oxygen atoms in total. The first-order chi connectivity index (χ1) is 12.9. The second-order valence-corrected chi connectivity index (χ2v) is 7.85. The maximum absolute atomic E-state index is 13.0. The van der Waals surface area contributed by atoms with Crippen molar-refractivity contribution < 1.29 is 9.90 Å². The van der Waals surface area contributed by atoms with Gasteiger partial charge in [0.25, 0.3) is 5.91 Å². The maximum Gasteiger partial charge on any atom is 0.253 e. The molecule has 1 amide bonds. The number of hydrogen-bond acceptors (Lipinski definition) is 4. The number of pyridine rings is 1. The summed E-state index contributed by atoms with van der Waals surface area (Å²) in [5, 5.41) is 9.93. The Morgan fingerprint density at radius 3 is 2.63 bits per heavy atom. The molecular weight excluding hydrogens is 338 g/mol. The predicted molar refractivity (Wildman–Crippen MR) is 108 cm³/mol. The standard InChI is InChI=1S/C22H29N3O2/c1-22(2,27)10-7-18-5-3-6-19(17-18)21(26)25-14-4-13-24(15-16-25)20-8-11-23-12-9-20/h3,5-6,8-9,11-12,17,27H,4,7,10,13-16H2,1-2H3. The first-order valence-electron chi connectivity index (χ1n) is 9.68. The molecule has 2 aromatic rings. The van der Waals surface area contributed by atoms with Crippen LogP contribution in [0.4, 0.5) is 5.69 Å². The normalized spacial score (nSPS) is 15.5. The minimum absolute atomic E-state index is 0.0942. The highest BCUT2D eigenvalue weighted by Crippen LogP contribution is 2.18. The fraction of sp³-hybridized carbons (Fsp3) is 0.455. The van der Waals surface area contributed by atoms with Crippen molar-refractivity contribution in [3.63, 3.8) is 0 Å². The Kier molecular flexibility index (Phi) is 6.11. The van der Waals surface area contributed by atoms with Gasteiger partial charge in [-0.05, 0) is 62.9 Å². The van der Waals surface area contributed by atoms with Crippen LogP contribution in [0.25, 0.3) is 0 Å². The highest BCUT2D eigenvalue weighted by molar-refractivity contribution is 5.94. The molecule has 2 heterocycles. The summed E-state index contributed by atoms with van der Waals surface area (Å²) in [7, 11) is 0. The van der Waals surface area contributed by atoms with Gasteiger partial charge in [0.2, 0.25) is 0 Å². The number of benzene rings is 1. The molecule has 3 rings (SSSR count). The molecule has 1 fully saturated rings. The predicted octanol–water partition coefficient (Wildman–Crippen LogP) is 3.14. The average Bonchev–Trinajstić information content (AvgIpc) is 2.92. The smallest absolute Gasteiger partial charge is 0.253 e. The number of anilines is 1. The SMILES string of the molecule is CC(C)(O)CCc1cccc(C(=O)N2CCCN(c3ccncc3)CC2)c1. The molecule has 1 aromatic carbocycles. The first kappa shape index (κ1) is 19.4. The van der Waals surface area contributed by atoms with Crippen LogP contribution in [0.3, 0.4) is 0 Å². The molecule has 0 atom stereocenters. The van der Waals surface area contributed by atoms with Gasteiger partial charge >= 0.3 is 0 Å². The second kappa shape index (κ2) is 8.53. The van der Waals surface area contributed by atoms with E-state index in [0.717, 1.165) is 55.8 Å². The Morgan fingerprint density at radius 2 is 1.89 bits per heavy atom. The molecule has 27 heavy (non-hydrogen) atoms. The maximum atomic E-state index is 13.0. The zero-order chi connectivity index (χ0) is 19.3. The van der Waals surface area contributed by atoms with Crippen molar-refractivity contribution in [2.45, 2.75) is 38.7 Å². The lowest BCUT2D eigenvalue weighted by Gasteiger charge is -2.23. The third kappa shape index (κ3) is 5.54. The van der Waals surface area contributed by atoms with E-state index in [4.69, 9.17) is 0 Å². The minimum atomic E-state index is -0.693. The third-order valence-corrected chi connectivity index (χ3v) is 5.01. The second-order valence-electron chi connectivity index (χ2n) is 7.85. The number of aryl methyl sites for hydroxylation is 1. The van der Waals surface area contributed by atoms with Gasteiger partial charge < -0.3 is 14.9 Å². The number of amides is 1. The highest BCUT2D eigenvalue weighted by atomic mass is 16.3. The molecule has 0 saturated carbocycles. The molecular formula is C22H29N3O2. The Morgan fingerprint density at radius 1 is 1.11 bits per heavy atom. The van der Waals surface area contributed by atoms with E-state index in [1.807, 2.05) is 67.5 Å². The number of rotatable bonds is 5. The van der Waals surface area contributed by atoms with Crippen LogP contribution in [-0.2, 0) is 6.42 Å². The summed E-state index contributed by atoms with van der Waals surface area (Å²) in [6.45, 7) is 6.89. The van der Waals surface area contributed by atoms with Gasteiger partial charge in [0.15, 0.2) is 0 Å². The van der Waals surface area contributed by atoms with Gasteiger partial charge in [0, 0.05) is 49.8 Å². The minimum Gasteiger partial charge on any atom is -0.390 e. The molecule has 144 valence electrons. The summed E-state index contributed by atoms with van der Waals surface area (Å²) < 4.78 is 0. The van der Waals surface area contributed by atoms with Gasteiger partial charge in [0.1, 0.15) is 0 Å². The summed E-state index contributed by atoms with van der Waals surface area (Å²) in [6, 6.07) is 11.9. The molecule has 1 aliphatic heterocycles. The highest BCUT2D eigenvalue weighted by Gasteiger charge is 2.21. The largest absolute Gasteiger partial charge is 0.390 e. The Hall–Kier alpha value is -2.40. The van der Waals surface area contributed by atoms with Gasteiger partial charge in [-0.2, -0.15) is 0 Å². The summed E-state index contributed by atoms with van der Waals surface area (Å²) in [6.07, 6.45) is 6.01. The number of aromatic nitrogens is 1. The lowest BCUT2D eigenvalue weighted by atomic mass is 9.97. The van der Waals surface area contributed by atoms with Crippen LogP contribution in [0.2, 0.25) is 0 Å². The average molecular weight is 367 g/mol. The van der Waals surface area contributed by atoms with Crippen LogP contribution in [0, 0.1) is 0 Å². The van der Waals surface area contributed by atoms with Crippen LogP contribution >= 0.6 is 0 Å². The van der Waals surface area contributed by atoms with E-state index in [1.165, 1.54) is 0 Å². The van der Waals surface area contributed by atoms with E-state index in [9.17, 15) is 9.90 Å². The monoisotopic (exact) mass is 367 g/mol. The van der Waals surface area contributed by atoms with Crippen molar-refractivity contribution in [3.8, 4) is 0 Å². The number of carbonyl (C=O) groups excluding carboxylic acids is 1. The number of nitrogens with zero attached hydrogens (tertiary/aromatic N) is 3. The van der Waals surface area contributed by atoms with E-state index in [1.54, 1.807) is 0 Å². The molecule has 1 aromatic heterocycles. The van der Waals surface area contributed by atoms with Crippen LogP contribution in [0.15, 0.2) is 48.8 Å². The number of hydrogen-bond donors (Lipinski definition) is 1. The van der Waals surface area contributed by atoms with Crippen LogP contribution < -0.4 is 4.90 Å². The van der Waals surface area contributed by atoms with Gasteiger partial charge in [0.05, 0.1) is 5.60 Å². The molecule has 0 bridgehead atoms. The fourth-order valence-corrected chi connectivity index (χ4v) is 3.43. The van der Waals surface area contributed by atoms with Crippen molar-refractivity contribution in [1.82, 2.24) is 9.88 Å². The van der Waals surface area contributed by atoms with Gasteiger partial charge in [-0.25, -0.2) is 0 Å². The quantitative estimate of drug-likeness (QED) is 0.882. The molecule has 0 aliphatic carbocycles. The van der Waals surface area contributed by atoms with E-state index in [-0.39, 0.29) is 5.91 Å². The van der Waals surface area contributed by atoms with Crippen LogP contribution in [0.1, 0.15) is 42.6 Å². The fourth-order valence-electron chi connectivity index (χ4n) is 3.43. The van der Waals surface area contributed by atoms with Gasteiger partial charge in [-0.3, -0.25) is 9.78 Å². The van der Waals surface area contributed by atoms with Crippen molar-refractivity contribution in [1.29, 1.82) is 0 Å². The zero-order valence-electron chi connectivity index (χ0n) is 16.3. The molecule has 0 spiro atoms. The summed E-state index contributed by atoms with van der Waals surface area (Å²) >= 11 is 0. The van der Waals surface area contributed by atoms with Crippen LogP contribution in [0.5, 0.6) is 0 Å². The molecule has 0 radical (unpaired) electrons. The number of carbonyl (C=O) groups is 1. The molecule has 1 aliphatic rings. The van der Waals surface area contributed by atoms with Crippen LogP contribution in [-0.4, -0.2) is 52.7 Å². The van der Waals surface area contributed by atoms with E-state index in [2.05, 4.69) is 9.88 Å². The number of aliphatic hydroxyl groups is 1. The summed E-state index contributed by atoms with van der Waals surface area (Å²) in [5.41, 5.74) is 2.30. The van der Waals surface area contributed by atoms with E-state index >= 15 is 0 Å². The Bertz CT molecular complexity index is 756. The lowest BCUT2D eigenvalue weighted by Crippen LogP contribution is -2.35. The first-order valence-corrected chi connectivity index (χ1v) is 9.68. The van der Waals surface area contributed by atoms with Gasteiger partial charge in [-0.15, -0.1) is 0 Å². The van der Waals surface area contributed by atoms with Crippen molar-refractivity contribution in [3.05, 3.63) is 59.9 Å². The van der Waals surface area contributed by atoms with E-state index < -0.39 is 5.60 Å². The zero-order valence-corrected chi connectivity index (χ0v) is 16.3. The molecule has 5 heteroatoms. The molecule has 0 unspecified atom stereocenters. The van der Waals surface area contributed by atoms with Crippen molar-refractivity contribution >= 4 is 11.6 Å². The summed E-state index contributed by atoms with van der Waals surface area (Å²) in [5.74, 6) is 0.0942. The summed E-state index contributed by atoms with van der Waals surface area (Å²) in [4.78, 5) is 21.3. The lowest BCUT2D eigenvalue weighted by molar-refractivity contribution is 0.0714. The topological polar surface area (TPSA) is 56.7 Å². The third-order valence-electron chi connectivity index (χ3n) is 5.01. The van der Waals surface area contributed by atoms with Crippen molar-refractivity contribution in [2.24, 2.45) is 0 Å². The Balaban J connectivity index is 1.64. The van der Waals surface area contributed by atoms with E-state index in [0.29, 0.717) is 6.42 Å². The molecule has 1 saturated heterocycles. The Labute approximate surface area is 161 Å². The van der Waals surface area contributed by atoms with Crippen molar-refractivity contribution in [2.75, 3.05) is 31.1 Å². The van der Waals surface area contributed by atoms with Gasteiger partial charge in [-0.1, -0.05) is 12.1 Å².